The second-order valence-electron chi connectivity index (χ2n) is 7.24. The van der Waals surface area contributed by atoms with Crippen LogP contribution in [0.25, 0.3) is 5.69 Å². The largest absolute Gasteiger partial charge is 0.372 e. The molecule has 8 heteroatoms. The van der Waals surface area contributed by atoms with Crippen LogP contribution in [0.2, 0.25) is 0 Å². The number of anilines is 1. The van der Waals surface area contributed by atoms with Gasteiger partial charge in [0.15, 0.2) is 4.34 Å². The molecule has 1 fully saturated rings. The molecule has 0 bridgehead atoms. The molecule has 5 rings (SSSR count). The Morgan fingerprint density at radius 3 is 2.82 bits per heavy atom. The van der Waals surface area contributed by atoms with Gasteiger partial charge in [-0.15, -0.1) is 10.2 Å². The molecule has 0 atom stereocenters. The van der Waals surface area contributed by atoms with Crippen LogP contribution < -0.4 is 5.32 Å². The Hall–Kier alpha value is -2.32. The second-order valence-corrected chi connectivity index (χ2v) is 9.65. The molecule has 2 aliphatic heterocycles. The van der Waals surface area contributed by atoms with Crippen molar-refractivity contribution in [2.75, 3.05) is 24.2 Å². The third-order valence-electron chi connectivity index (χ3n) is 5.57. The van der Waals surface area contributed by atoms with Crippen LogP contribution in [-0.2, 0) is 10.3 Å². The van der Waals surface area contributed by atoms with Crippen LogP contribution >= 0.6 is 23.1 Å². The van der Waals surface area contributed by atoms with Gasteiger partial charge in [0, 0.05) is 25.0 Å². The van der Waals surface area contributed by atoms with Crippen LogP contribution in [0.3, 0.4) is 0 Å². The minimum atomic E-state index is -0.113. The van der Waals surface area contributed by atoms with E-state index in [1.807, 2.05) is 11.8 Å². The Kier molecular flexibility index (Phi) is 4.40. The summed E-state index contributed by atoms with van der Waals surface area (Å²) in [5, 5.41) is 12.8. The number of carbonyl (C=O) groups excluding carboxylic acids is 1. The fourth-order valence-corrected chi connectivity index (χ4v) is 5.88. The summed E-state index contributed by atoms with van der Waals surface area (Å²) in [7, 11) is 0. The second kappa shape index (κ2) is 6.93. The first-order valence-electron chi connectivity index (χ1n) is 9.41. The average Bonchev–Trinajstić information content (AvgIpc) is 3.37. The zero-order valence-corrected chi connectivity index (χ0v) is 17.2. The van der Waals surface area contributed by atoms with Crippen LogP contribution in [0.4, 0.5) is 5.69 Å². The van der Waals surface area contributed by atoms with Gasteiger partial charge in [-0.1, -0.05) is 35.2 Å². The standard InChI is InChI=1S/C20H21N5OS2/c1-14-22-23-19(28-14)27-13-18(26)24-11-8-20(9-12-24)17-7-4-10-25(17)16-6-3-2-5-15(16)21-20/h2-7,10,21H,8-9,11-13H2,1H3. The van der Waals surface area contributed by atoms with Crippen LogP contribution in [0.1, 0.15) is 23.5 Å². The van der Waals surface area contributed by atoms with Gasteiger partial charge in [0.1, 0.15) is 5.01 Å². The molecule has 1 amide bonds. The number of para-hydroxylation sites is 2. The van der Waals surface area contributed by atoms with Crippen molar-refractivity contribution < 1.29 is 4.79 Å². The lowest BCUT2D eigenvalue weighted by molar-refractivity contribution is -0.129. The number of benzene rings is 1. The van der Waals surface area contributed by atoms with Gasteiger partial charge >= 0.3 is 0 Å². The van der Waals surface area contributed by atoms with Gasteiger partial charge in [-0.05, 0) is 44.0 Å². The van der Waals surface area contributed by atoms with Crippen molar-refractivity contribution >= 4 is 34.7 Å². The first-order chi connectivity index (χ1) is 13.6. The van der Waals surface area contributed by atoms with Gasteiger partial charge in [-0.2, -0.15) is 0 Å². The zero-order chi connectivity index (χ0) is 19.1. The summed E-state index contributed by atoms with van der Waals surface area (Å²) in [5.74, 6) is 0.605. The molecular weight excluding hydrogens is 390 g/mol. The molecule has 0 radical (unpaired) electrons. The molecule has 144 valence electrons. The first-order valence-corrected chi connectivity index (χ1v) is 11.2. The summed E-state index contributed by atoms with van der Waals surface area (Å²) < 4.78 is 3.15. The highest BCUT2D eigenvalue weighted by Crippen LogP contribution is 2.43. The Morgan fingerprint density at radius 1 is 1.21 bits per heavy atom. The maximum Gasteiger partial charge on any atom is 0.233 e. The van der Waals surface area contributed by atoms with Crippen LogP contribution in [0.15, 0.2) is 46.9 Å². The van der Waals surface area contributed by atoms with Gasteiger partial charge in [0.2, 0.25) is 5.91 Å². The quantitative estimate of drug-likeness (QED) is 0.666. The lowest BCUT2D eigenvalue weighted by atomic mass is 9.82. The minimum Gasteiger partial charge on any atom is -0.372 e. The van der Waals surface area contributed by atoms with E-state index < -0.39 is 0 Å². The highest BCUT2D eigenvalue weighted by Gasteiger charge is 2.42. The number of amides is 1. The van der Waals surface area contributed by atoms with E-state index in [1.54, 1.807) is 0 Å². The van der Waals surface area contributed by atoms with Crippen molar-refractivity contribution in [2.24, 2.45) is 0 Å². The van der Waals surface area contributed by atoms with Crippen LogP contribution in [-0.4, -0.2) is 44.4 Å². The normalized spacial score (nSPS) is 17.1. The first kappa shape index (κ1) is 17.8. The summed E-state index contributed by atoms with van der Waals surface area (Å²) >= 11 is 3.02. The van der Waals surface area contributed by atoms with Crippen LogP contribution in [0, 0.1) is 6.92 Å². The number of thioether (sulfide) groups is 1. The Balaban J connectivity index is 1.29. The van der Waals surface area contributed by atoms with Gasteiger partial charge in [-0.25, -0.2) is 0 Å². The Bertz CT molecular complexity index is 1020. The van der Waals surface area contributed by atoms with Crippen LogP contribution in [0.5, 0.6) is 0 Å². The summed E-state index contributed by atoms with van der Waals surface area (Å²) in [6.45, 7) is 3.45. The number of nitrogens with one attached hydrogen (secondary N) is 1. The summed E-state index contributed by atoms with van der Waals surface area (Å²) in [4.78, 5) is 14.7. The molecule has 1 saturated heterocycles. The molecule has 4 heterocycles. The predicted molar refractivity (Wildman–Crippen MR) is 112 cm³/mol. The fraction of sp³-hybridized carbons (Fsp3) is 0.350. The van der Waals surface area contributed by atoms with Gasteiger partial charge in [-0.3, -0.25) is 4.79 Å². The molecule has 1 aromatic carbocycles. The number of nitrogens with zero attached hydrogens (tertiary/aromatic N) is 4. The molecule has 1 N–H and O–H groups in total. The number of hydrogen-bond donors (Lipinski definition) is 1. The predicted octanol–water partition coefficient (Wildman–Crippen LogP) is 3.67. The highest BCUT2D eigenvalue weighted by molar-refractivity contribution is 8.01. The van der Waals surface area contributed by atoms with Crippen molar-refractivity contribution in [3.05, 3.63) is 53.3 Å². The molecule has 0 unspecified atom stereocenters. The summed E-state index contributed by atoms with van der Waals surface area (Å²) in [5.41, 5.74) is 3.53. The molecule has 6 nitrogen and oxygen atoms in total. The third-order valence-corrected chi connectivity index (χ3v) is 7.53. The van der Waals surface area contributed by atoms with E-state index in [4.69, 9.17) is 0 Å². The van der Waals surface area contributed by atoms with E-state index in [1.165, 1.54) is 34.5 Å². The molecule has 0 saturated carbocycles. The molecule has 3 aromatic rings. The monoisotopic (exact) mass is 411 g/mol. The maximum atomic E-state index is 12.7. The SMILES string of the molecule is Cc1nnc(SCC(=O)N2CCC3(CC2)Nc2ccccc2-n2cccc23)s1. The third kappa shape index (κ3) is 3.00. The summed E-state index contributed by atoms with van der Waals surface area (Å²) in [6, 6.07) is 12.7. The van der Waals surface area contributed by atoms with E-state index in [0.717, 1.165) is 41.0 Å². The molecule has 2 aliphatic rings. The number of hydrogen-bond acceptors (Lipinski definition) is 6. The maximum absolute atomic E-state index is 12.7. The zero-order valence-electron chi connectivity index (χ0n) is 15.6. The van der Waals surface area contributed by atoms with Crippen molar-refractivity contribution in [3.8, 4) is 5.69 Å². The van der Waals surface area contributed by atoms with E-state index in [-0.39, 0.29) is 11.4 Å². The number of aromatic nitrogens is 3. The lowest BCUT2D eigenvalue weighted by Gasteiger charge is -2.46. The van der Waals surface area contributed by atoms with Crippen molar-refractivity contribution in [1.29, 1.82) is 0 Å². The molecule has 2 aromatic heterocycles. The number of fused-ring (bicyclic) bond motifs is 4. The highest BCUT2D eigenvalue weighted by atomic mass is 32.2. The van der Waals surface area contributed by atoms with Gasteiger partial charge < -0.3 is 14.8 Å². The number of piperidine rings is 1. The molecule has 0 aliphatic carbocycles. The summed E-state index contributed by atoms with van der Waals surface area (Å²) in [6.07, 6.45) is 3.94. The minimum absolute atomic E-state index is 0.113. The Labute approximate surface area is 172 Å². The van der Waals surface area contributed by atoms with Gasteiger partial charge in [0.25, 0.3) is 0 Å². The van der Waals surface area contributed by atoms with E-state index in [9.17, 15) is 4.79 Å². The smallest absolute Gasteiger partial charge is 0.233 e. The van der Waals surface area contributed by atoms with E-state index >= 15 is 0 Å². The molecular formula is C20H21N5OS2. The topological polar surface area (TPSA) is 63.1 Å². The number of carbonyl (C=O) groups is 1. The lowest BCUT2D eigenvalue weighted by Crippen LogP contribution is -2.51. The number of aryl methyl sites for hydroxylation is 1. The van der Waals surface area contributed by atoms with Crippen molar-refractivity contribution in [3.63, 3.8) is 0 Å². The number of rotatable bonds is 3. The molecule has 1 spiro atoms. The fourth-order valence-electron chi connectivity index (χ4n) is 4.16. The number of likely N-dealkylation sites (tertiary alicyclic amines) is 1. The van der Waals surface area contributed by atoms with Crippen molar-refractivity contribution in [2.45, 2.75) is 29.6 Å². The molecule has 28 heavy (non-hydrogen) atoms. The average molecular weight is 412 g/mol. The van der Waals surface area contributed by atoms with E-state index in [0.29, 0.717) is 5.75 Å². The van der Waals surface area contributed by atoms with Gasteiger partial charge in [0.05, 0.1) is 22.7 Å². The van der Waals surface area contributed by atoms with E-state index in [2.05, 4.69) is 62.7 Å². The van der Waals surface area contributed by atoms with Crippen molar-refractivity contribution in [1.82, 2.24) is 19.7 Å². The Morgan fingerprint density at radius 2 is 2.04 bits per heavy atom.